The van der Waals surface area contributed by atoms with Gasteiger partial charge in [0.2, 0.25) is 0 Å². The number of nitrogens with zero attached hydrogens (tertiary/aromatic N) is 4. The Labute approximate surface area is 139 Å². The highest BCUT2D eigenvalue weighted by molar-refractivity contribution is 5.89. The van der Waals surface area contributed by atoms with E-state index < -0.39 is 12.2 Å². The Bertz CT molecular complexity index is 824. The quantitative estimate of drug-likeness (QED) is 0.689. The summed E-state index contributed by atoms with van der Waals surface area (Å²) >= 11 is 0. The molecule has 4 nitrogen and oxygen atoms in total. The van der Waals surface area contributed by atoms with Crippen molar-refractivity contribution in [1.29, 1.82) is 0 Å². The van der Waals surface area contributed by atoms with E-state index in [0.717, 1.165) is 10.9 Å². The topological polar surface area (TPSA) is 41.9 Å². The Balaban J connectivity index is 2.14. The van der Waals surface area contributed by atoms with Crippen LogP contribution >= 0.6 is 0 Å². The lowest BCUT2D eigenvalue weighted by atomic mass is 10.1. The van der Waals surface area contributed by atoms with Gasteiger partial charge in [0.15, 0.2) is 5.82 Å². The number of benzene rings is 1. The minimum atomic E-state index is -2.71. The monoisotopic (exact) mass is 328 g/mol. The molecule has 2 heterocycles. The number of fused-ring (bicyclic) bond motifs is 1. The van der Waals surface area contributed by atoms with E-state index >= 15 is 0 Å². The highest BCUT2D eigenvalue weighted by Gasteiger charge is 2.22. The largest absolute Gasteiger partial charge is 0.349 e. The lowest BCUT2D eigenvalue weighted by molar-refractivity contribution is 0.141. The van der Waals surface area contributed by atoms with Gasteiger partial charge < -0.3 is 4.90 Å². The molecule has 3 aromatic rings. The molecule has 0 bridgehead atoms. The highest BCUT2D eigenvalue weighted by Crippen LogP contribution is 2.32. The van der Waals surface area contributed by atoms with E-state index in [0.29, 0.717) is 17.9 Å². The molecule has 0 radical (unpaired) electrons. The van der Waals surface area contributed by atoms with Gasteiger partial charge in [-0.15, -0.1) is 0 Å². The zero-order chi connectivity index (χ0) is 17.1. The van der Waals surface area contributed by atoms with Gasteiger partial charge in [-0.2, -0.15) is 0 Å². The van der Waals surface area contributed by atoms with Gasteiger partial charge in [0.25, 0.3) is 6.43 Å². The maximum absolute atomic E-state index is 13.2. The summed E-state index contributed by atoms with van der Waals surface area (Å²) in [5, 5.41) is 0.763. The number of anilines is 1. The summed E-state index contributed by atoms with van der Waals surface area (Å²) in [6.45, 7) is 4.62. The van der Waals surface area contributed by atoms with Gasteiger partial charge in [0.1, 0.15) is 5.82 Å². The Morgan fingerprint density at radius 2 is 1.88 bits per heavy atom. The van der Waals surface area contributed by atoms with Crippen molar-refractivity contribution in [1.82, 2.24) is 15.0 Å². The summed E-state index contributed by atoms with van der Waals surface area (Å²) in [6.07, 6.45) is 0.785. The van der Waals surface area contributed by atoms with E-state index in [4.69, 9.17) is 0 Å². The zero-order valence-electron chi connectivity index (χ0n) is 13.5. The van der Waals surface area contributed by atoms with Crippen LogP contribution < -0.4 is 4.90 Å². The van der Waals surface area contributed by atoms with Crippen LogP contribution in [-0.2, 0) is 0 Å². The van der Waals surface area contributed by atoms with Crippen LogP contribution in [-0.4, -0.2) is 21.5 Å². The molecule has 3 rings (SSSR count). The summed E-state index contributed by atoms with van der Waals surface area (Å²) in [7, 11) is 0. The molecule has 0 amide bonds. The van der Waals surface area contributed by atoms with Crippen LogP contribution in [0.4, 0.5) is 14.6 Å². The summed E-state index contributed by atoms with van der Waals surface area (Å²) in [5.41, 5.74) is 1.52. The van der Waals surface area contributed by atoms with Gasteiger partial charge in [-0.3, -0.25) is 4.98 Å². The Morgan fingerprint density at radius 1 is 1.08 bits per heavy atom. The third-order valence-electron chi connectivity index (χ3n) is 4.04. The Hall–Kier alpha value is -2.63. The summed E-state index contributed by atoms with van der Waals surface area (Å²) in [6, 6.07) is 11.0. The van der Waals surface area contributed by atoms with Crippen LogP contribution in [0, 0.1) is 0 Å². The maximum atomic E-state index is 13.2. The van der Waals surface area contributed by atoms with Crippen LogP contribution in [0.15, 0.2) is 48.8 Å². The molecule has 24 heavy (non-hydrogen) atoms. The molecule has 0 N–H and O–H groups in total. The molecule has 0 aliphatic rings. The average Bonchev–Trinajstić information content (AvgIpc) is 2.62. The van der Waals surface area contributed by atoms with Crippen molar-refractivity contribution in [3.05, 3.63) is 60.2 Å². The number of hydrogen-bond acceptors (Lipinski definition) is 4. The fourth-order valence-corrected chi connectivity index (χ4v) is 2.80. The second-order valence-electron chi connectivity index (χ2n) is 5.47. The van der Waals surface area contributed by atoms with Crippen LogP contribution in [0.5, 0.6) is 0 Å². The first kappa shape index (κ1) is 16.2. The van der Waals surface area contributed by atoms with Crippen molar-refractivity contribution in [2.75, 3.05) is 11.4 Å². The van der Waals surface area contributed by atoms with E-state index in [-0.39, 0.29) is 6.04 Å². The van der Waals surface area contributed by atoms with E-state index in [9.17, 15) is 8.78 Å². The number of halogens is 2. The van der Waals surface area contributed by atoms with Gasteiger partial charge >= 0.3 is 0 Å². The fraction of sp³-hybridized carbons (Fsp3) is 0.278. The highest BCUT2D eigenvalue weighted by atomic mass is 19.3. The molecule has 0 aliphatic heterocycles. The minimum absolute atomic E-state index is 0.0486. The number of aromatic nitrogens is 3. The smallest absolute Gasteiger partial charge is 0.297 e. The average molecular weight is 328 g/mol. The van der Waals surface area contributed by atoms with E-state index in [1.165, 1.54) is 0 Å². The molecule has 0 spiro atoms. The minimum Gasteiger partial charge on any atom is -0.349 e. The van der Waals surface area contributed by atoms with Crippen LogP contribution in [0.3, 0.4) is 0 Å². The molecule has 0 saturated carbocycles. The van der Waals surface area contributed by atoms with Gasteiger partial charge in [-0.05, 0) is 37.6 Å². The summed E-state index contributed by atoms with van der Waals surface area (Å²) in [4.78, 5) is 14.3. The number of pyridine rings is 1. The van der Waals surface area contributed by atoms with Gasteiger partial charge in [-0.1, -0.05) is 18.2 Å². The molecule has 0 aliphatic carbocycles. The van der Waals surface area contributed by atoms with Crippen molar-refractivity contribution in [2.45, 2.75) is 26.3 Å². The van der Waals surface area contributed by atoms with Crippen molar-refractivity contribution < 1.29 is 8.78 Å². The van der Waals surface area contributed by atoms with Gasteiger partial charge in [0, 0.05) is 24.3 Å². The molecule has 1 atom stereocenters. The molecule has 1 aromatic carbocycles. The molecule has 2 aromatic heterocycles. The number of para-hydroxylation sites is 1. The SMILES string of the molecule is CCN(c1nc(C(F)F)nc2ccccc12)C(C)c1cccnc1. The van der Waals surface area contributed by atoms with Crippen molar-refractivity contribution in [3.63, 3.8) is 0 Å². The lowest BCUT2D eigenvalue weighted by Crippen LogP contribution is -2.28. The van der Waals surface area contributed by atoms with Crippen molar-refractivity contribution >= 4 is 16.7 Å². The third kappa shape index (κ3) is 3.04. The molecule has 124 valence electrons. The summed E-state index contributed by atoms with van der Waals surface area (Å²) in [5.74, 6) is 0.0790. The molecule has 0 saturated heterocycles. The fourth-order valence-electron chi connectivity index (χ4n) is 2.80. The predicted molar refractivity (Wildman–Crippen MR) is 90.2 cm³/mol. The number of rotatable bonds is 5. The van der Waals surface area contributed by atoms with E-state index in [1.807, 2.05) is 43.0 Å². The van der Waals surface area contributed by atoms with E-state index in [2.05, 4.69) is 15.0 Å². The molecule has 1 unspecified atom stereocenters. The van der Waals surface area contributed by atoms with Crippen molar-refractivity contribution in [2.24, 2.45) is 0 Å². The second kappa shape index (κ2) is 6.86. The molecular formula is C18H18F2N4. The maximum Gasteiger partial charge on any atom is 0.297 e. The normalized spacial score (nSPS) is 12.5. The predicted octanol–water partition coefficient (Wildman–Crippen LogP) is 4.55. The first-order valence-electron chi connectivity index (χ1n) is 7.83. The zero-order valence-corrected chi connectivity index (χ0v) is 13.5. The summed E-state index contributed by atoms with van der Waals surface area (Å²) < 4.78 is 26.4. The second-order valence-corrected chi connectivity index (χ2v) is 5.47. The number of alkyl halides is 2. The first-order chi connectivity index (χ1) is 11.6. The third-order valence-corrected chi connectivity index (χ3v) is 4.04. The van der Waals surface area contributed by atoms with E-state index in [1.54, 1.807) is 24.5 Å². The molecule has 0 fully saturated rings. The van der Waals surface area contributed by atoms with Crippen LogP contribution in [0.2, 0.25) is 0 Å². The van der Waals surface area contributed by atoms with Gasteiger partial charge in [-0.25, -0.2) is 18.7 Å². The Morgan fingerprint density at radius 3 is 2.54 bits per heavy atom. The lowest BCUT2D eigenvalue weighted by Gasteiger charge is -2.30. The molecule has 6 heteroatoms. The number of hydrogen-bond donors (Lipinski definition) is 0. The van der Waals surface area contributed by atoms with Crippen LogP contribution in [0.25, 0.3) is 10.9 Å². The molecular weight excluding hydrogens is 310 g/mol. The Kier molecular flexibility index (Phi) is 4.64. The first-order valence-corrected chi connectivity index (χ1v) is 7.83. The van der Waals surface area contributed by atoms with Crippen LogP contribution in [0.1, 0.15) is 37.7 Å². The standard InChI is InChI=1S/C18H18F2N4/c1-3-24(12(2)13-7-6-10-21-11-13)18-14-8-4-5-9-15(14)22-17(23-18)16(19)20/h4-12,16H,3H2,1-2H3. The van der Waals surface area contributed by atoms with Gasteiger partial charge in [0.05, 0.1) is 11.6 Å². The van der Waals surface area contributed by atoms with Crippen molar-refractivity contribution in [3.8, 4) is 0 Å².